The number of methoxy groups -OCH3 is 1. The Hall–Kier alpha value is -4.09. The lowest BCUT2D eigenvalue weighted by Gasteiger charge is -2.15. The first-order valence-electron chi connectivity index (χ1n) is 8.20. The third kappa shape index (κ3) is 2.19. The van der Waals surface area contributed by atoms with Crippen LogP contribution in [0.2, 0.25) is 0 Å². The van der Waals surface area contributed by atoms with Crippen molar-refractivity contribution in [3.63, 3.8) is 0 Å². The molecule has 0 fully saturated rings. The minimum absolute atomic E-state index is 0.110. The molecule has 0 saturated heterocycles. The van der Waals surface area contributed by atoms with E-state index in [9.17, 15) is 15.3 Å². The van der Waals surface area contributed by atoms with Crippen molar-refractivity contribution in [2.24, 2.45) is 0 Å². The first kappa shape index (κ1) is 16.4. The van der Waals surface area contributed by atoms with E-state index in [-0.39, 0.29) is 28.2 Å². The summed E-state index contributed by atoms with van der Waals surface area (Å²) < 4.78 is 5.18. The molecule has 4 rings (SSSR count). The van der Waals surface area contributed by atoms with Crippen molar-refractivity contribution in [2.45, 2.75) is 0 Å². The van der Waals surface area contributed by atoms with Gasteiger partial charge in [-0.2, -0.15) is 10.5 Å². The molecule has 5 heteroatoms. The van der Waals surface area contributed by atoms with Crippen molar-refractivity contribution >= 4 is 11.5 Å². The van der Waals surface area contributed by atoms with E-state index in [0.717, 1.165) is 0 Å². The van der Waals surface area contributed by atoms with E-state index in [1.807, 2.05) is 6.07 Å². The molecule has 0 bridgehead atoms. The van der Waals surface area contributed by atoms with Gasteiger partial charge in [0.2, 0.25) is 0 Å². The fourth-order valence-electron chi connectivity index (χ4n) is 3.58. The Morgan fingerprint density at radius 1 is 0.852 bits per heavy atom. The van der Waals surface area contributed by atoms with Gasteiger partial charge in [-0.25, -0.2) is 0 Å². The van der Waals surface area contributed by atoms with E-state index < -0.39 is 0 Å². The summed E-state index contributed by atoms with van der Waals surface area (Å²) in [5, 5.41) is 19.7. The van der Waals surface area contributed by atoms with Crippen LogP contribution in [0.25, 0.3) is 22.3 Å². The molecule has 2 N–H and O–H groups in total. The van der Waals surface area contributed by atoms with Gasteiger partial charge in [0.15, 0.2) is 5.78 Å². The molecular weight excluding hydrogens is 338 g/mol. The monoisotopic (exact) mass is 351 g/mol. The van der Waals surface area contributed by atoms with Crippen molar-refractivity contribution in [3.8, 4) is 40.1 Å². The lowest BCUT2D eigenvalue weighted by Crippen LogP contribution is -2.06. The highest BCUT2D eigenvalue weighted by Crippen LogP contribution is 2.47. The molecular formula is C22H13N3O2. The van der Waals surface area contributed by atoms with Gasteiger partial charge in [0.1, 0.15) is 17.9 Å². The number of carbonyl (C=O) groups excluding carboxylic acids is 1. The van der Waals surface area contributed by atoms with Crippen LogP contribution in [-0.2, 0) is 0 Å². The summed E-state index contributed by atoms with van der Waals surface area (Å²) in [5.41, 5.74) is 9.77. The standard InChI is InChI=1S/C22H13N3O2/c1-27-13-8-6-12(7-9-13)18-16(10-23)19-14-4-2-3-5-15(14)22(26)20(19)21(25)17(18)11-24/h2-9H,25H2,1H3. The van der Waals surface area contributed by atoms with Crippen LogP contribution >= 0.6 is 0 Å². The summed E-state index contributed by atoms with van der Waals surface area (Å²) in [5.74, 6) is 0.401. The summed E-state index contributed by atoms with van der Waals surface area (Å²) in [7, 11) is 1.56. The van der Waals surface area contributed by atoms with Gasteiger partial charge in [-0.05, 0) is 23.3 Å². The number of anilines is 1. The van der Waals surface area contributed by atoms with Crippen molar-refractivity contribution in [3.05, 3.63) is 70.8 Å². The second-order valence-corrected chi connectivity index (χ2v) is 6.12. The maximum atomic E-state index is 12.9. The maximum Gasteiger partial charge on any atom is 0.196 e. The Morgan fingerprint density at radius 2 is 1.48 bits per heavy atom. The fraction of sp³-hybridized carbons (Fsp3) is 0.0455. The lowest BCUT2D eigenvalue weighted by atomic mass is 9.86. The molecule has 0 unspecified atom stereocenters. The van der Waals surface area contributed by atoms with Crippen LogP contribution in [-0.4, -0.2) is 12.9 Å². The molecule has 0 aromatic heterocycles. The molecule has 27 heavy (non-hydrogen) atoms. The average Bonchev–Trinajstić information content (AvgIpc) is 3.01. The number of nitriles is 2. The number of ether oxygens (including phenoxy) is 1. The number of fused-ring (bicyclic) bond motifs is 3. The number of nitrogens with two attached hydrogens (primary N) is 1. The van der Waals surface area contributed by atoms with Crippen LogP contribution in [0.5, 0.6) is 5.75 Å². The van der Waals surface area contributed by atoms with Gasteiger partial charge in [0, 0.05) is 16.7 Å². The number of nitrogen functional groups attached to an aromatic ring is 1. The molecule has 0 saturated carbocycles. The van der Waals surface area contributed by atoms with Gasteiger partial charge in [0.05, 0.1) is 29.5 Å². The third-order valence-electron chi connectivity index (χ3n) is 4.81. The van der Waals surface area contributed by atoms with Crippen LogP contribution in [0.1, 0.15) is 27.0 Å². The second kappa shape index (κ2) is 6.01. The normalized spacial score (nSPS) is 11.3. The topological polar surface area (TPSA) is 99.9 Å². The van der Waals surface area contributed by atoms with Crippen LogP contribution in [0, 0.1) is 22.7 Å². The molecule has 3 aromatic carbocycles. The van der Waals surface area contributed by atoms with Crippen molar-refractivity contribution in [1.29, 1.82) is 10.5 Å². The van der Waals surface area contributed by atoms with E-state index in [0.29, 0.717) is 33.6 Å². The van der Waals surface area contributed by atoms with Gasteiger partial charge in [0.25, 0.3) is 0 Å². The highest BCUT2D eigenvalue weighted by molar-refractivity contribution is 6.26. The van der Waals surface area contributed by atoms with Gasteiger partial charge in [-0.15, -0.1) is 0 Å². The number of hydrogen-bond donors (Lipinski definition) is 1. The second-order valence-electron chi connectivity index (χ2n) is 6.12. The third-order valence-corrected chi connectivity index (χ3v) is 4.81. The smallest absolute Gasteiger partial charge is 0.196 e. The highest BCUT2D eigenvalue weighted by Gasteiger charge is 2.35. The number of carbonyl (C=O) groups is 1. The summed E-state index contributed by atoms with van der Waals surface area (Å²) in [4.78, 5) is 12.9. The zero-order valence-electron chi connectivity index (χ0n) is 14.4. The molecule has 1 aliphatic rings. The average molecular weight is 351 g/mol. The van der Waals surface area contributed by atoms with Crippen molar-refractivity contribution in [2.75, 3.05) is 12.8 Å². The van der Waals surface area contributed by atoms with Gasteiger partial charge >= 0.3 is 0 Å². The number of hydrogen-bond acceptors (Lipinski definition) is 5. The Bertz CT molecular complexity index is 1200. The summed E-state index contributed by atoms with van der Waals surface area (Å²) >= 11 is 0. The van der Waals surface area contributed by atoms with E-state index >= 15 is 0 Å². The highest BCUT2D eigenvalue weighted by atomic mass is 16.5. The Balaban J connectivity index is 2.14. The van der Waals surface area contributed by atoms with E-state index in [1.54, 1.807) is 49.6 Å². The molecule has 0 aliphatic heterocycles. The number of rotatable bonds is 2. The zero-order chi connectivity index (χ0) is 19.1. The number of benzene rings is 3. The van der Waals surface area contributed by atoms with Gasteiger partial charge in [-0.3, -0.25) is 4.79 Å². The Morgan fingerprint density at radius 3 is 2.07 bits per heavy atom. The molecule has 0 amide bonds. The molecule has 0 radical (unpaired) electrons. The molecule has 0 spiro atoms. The summed E-state index contributed by atoms with van der Waals surface area (Å²) in [6, 6.07) is 18.4. The molecule has 5 nitrogen and oxygen atoms in total. The summed E-state index contributed by atoms with van der Waals surface area (Å²) in [6.07, 6.45) is 0. The molecule has 0 atom stereocenters. The van der Waals surface area contributed by atoms with Crippen LogP contribution in [0.4, 0.5) is 5.69 Å². The predicted octanol–water partition coefficient (Wildman–Crippen LogP) is 3.90. The minimum atomic E-state index is -0.257. The fourth-order valence-corrected chi connectivity index (χ4v) is 3.58. The van der Waals surface area contributed by atoms with E-state index in [4.69, 9.17) is 10.5 Å². The largest absolute Gasteiger partial charge is 0.497 e. The van der Waals surface area contributed by atoms with E-state index in [2.05, 4.69) is 12.1 Å². The molecule has 1 aliphatic carbocycles. The SMILES string of the molecule is COc1ccc(-c2c(C#N)c(N)c3c(c2C#N)-c2ccccc2C3=O)cc1. The number of ketones is 1. The van der Waals surface area contributed by atoms with Crippen LogP contribution in [0.15, 0.2) is 48.5 Å². The number of nitrogens with zero attached hydrogens (tertiary/aromatic N) is 2. The Kier molecular flexibility index (Phi) is 3.65. The van der Waals surface area contributed by atoms with Crippen LogP contribution < -0.4 is 10.5 Å². The maximum absolute atomic E-state index is 12.9. The van der Waals surface area contributed by atoms with E-state index in [1.165, 1.54) is 0 Å². The molecule has 128 valence electrons. The minimum Gasteiger partial charge on any atom is -0.497 e. The zero-order valence-corrected chi connectivity index (χ0v) is 14.4. The summed E-state index contributed by atoms with van der Waals surface area (Å²) in [6.45, 7) is 0. The lowest BCUT2D eigenvalue weighted by molar-refractivity contribution is 0.104. The quantitative estimate of drug-likeness (QED) is 0.552. The first-order chi connectivity index (χ1) is 13.1. The van der Waals surface area contributed by atoms with Crippen LogP contribution in [0.3, 0.4) is 0 Å². The van der Waals surface area contributed by atoms with Gasteiger partial charge < -0.3 is 10.5 Å². The molecule has 3 aromatic rings. The Labute approximate surface area is 155 Å². The molecule has 0 heterocycles. The van der Waals surface area contributed by atoms with Crippen molar-refractivity contribution in [1.82, 2.24) is 0 Å². The van der Waals surface area contributed by atoms with Crippen molar-refractivity contribution < 1.29 is 9.53 Å². The van der Waals surface area contributed by atoms with Gasteiger partial charge in [-0.1, -0.05) is 36.4 Å². The predicted molar refractivity (Wildman–Crippen MR) is 101 cm³/mol. The first-order valence-corrected chi connectivity index (χ1v) is 8.20.